The highest BCUT2D eigenvalue weighted by Crippen LogP contribution is 2.07. The van der Waals surface area contributed by atoms with Crippen LogP contribution in [0.4, 0.5) is 0 Å². The maximum atomic E-state index is 9.67. The summed E-state index contributed by atoms with van der Waals surface area (Å²) in [6.07, 6.45) is 8.94. The smallest absolute Gasteiger partial charge is 0.101 e. The molecule has 1 N–H and O–H groups in total. The first-order chi connectivity index (χ1) is 7.40. The Balaban J connectivity index is 2.50. The van der Waals surface area contributed by atoms with Gasteiger partial charge in [-0.1, -0.05) is 5.92 Å². The zero-order valence-corrected chi connectivity index (χ0v) is 10.1. The Kier molecular flexibility index (Phi) is 4.11. The van der Waals surface area contributed by atoms with Gasteiger partial charge >= 0.3 is 0 Å². The van der Waals surface area contributed by atoms with Gasteiger partial charge in [0.05, 0.1) is 11.8 Å². The van der Waals surface area contributed by atoms with Crippen molar-refractivity contribution in [2.24, 2.45) is 0 Å². The summed E-state index contributed by atoms with van der Waals surface area (Å²) in [7, 11) is 1.97. The van der Waals surface area contributed by atoms with Gasteiger partial charge in [-0.3, -0.25) is 9.58 Å². The van der Waals surface area contributed by atoms with Gasteiger partial charge < -0.3 is 5.11 Å². The summed E-state index contributed by atoms with van der Waals surface area (Å²) in [5, 5.41) is 13.8. The minimum atomic E-state index is -0.677. The average molecular weight is 221 g/mol. The van der Waals surface area contributed by atoms with E-state index in [1.807, 2.05) is 13.2 Å². The summed E-state index contributed by atoms with van der Waals surface area (Å²) >= 11 is 0. The van der Waals surface area contributed by atoms with Crippen molar-refractivity contribution in [3.63, 3.8) is 0 Å². The monoisotopic (exact) mass is 221 g/mol. The van der Waals surface area contributed by atoms with Crippen LogP contribution in [0.1, 0.15) is 19.4 Å². The highest BCUT2D eigenvalue weighted by Gasteiger charge is 2.15. The van der Waals surface area contributed by atoms with Crippen molar-refractivity contribution in [2.45, 2.75) is 32.5 Å². The third-order valence-corrected chi connectivity index (χ3v) is 2.05. The van der Waals surface area contributed by atoms with E-state index in [1.165, 1.54) is 0 Å². The normalized spacial score (nSPS) is 11.8. The summed E-state index contributed by atoms with van der Waals surface area (Å²) < 4.78 is 1.73. The molecule has 0 fully saturated rings. The molecule has 0 atom stereocenters. The van der Waals surface area contributed by atoms with Crippen molar-refractivity contribution in [3.05, 3.63) is 18.0 Å². The molecule has 0 amide bonds. The van der Waals surface area contributed by atoms with Gasteiger partial charge in [0.1, 0.15) is 6.54 Å². The molecule has 1 rings (SSSR count). The van der Waals surface area contributed by atoms with Gasteiger partial charge in [0.25, 0.3) is 0 Å². The van der Waals surface area contributed by atoms with Crippen LogP contribution in [0.3, 0.4) is 0 Å². The van der Waals surface area contributed by atoms with Crippen molar-refractivity contribution in [1.82, 2.24) is 14.7 Å². The van der Waals surface area contributed by atoms with E-state index in [1.54, 1.807) is 24.7 Å². The van der Waals surface area contributed by atoms with Gasteiger partial charge in [-0.25, -0.2) is 0 Å². The first-order valence-corrected chi connectivity index (χ1v) is 5.26. The van der Waals surface area contributed by atoms with Crippen LogP contribution in [-0.4, -0.2) is 39.0 Å². The Labute approximate surface area is 96.9 Å². The van der Waals surface area contributed by atoms with Crippen LogP contribution in [0.25, 0.3) is 0 Å². The van der Waals surface area contributed by atoms with Crippen LogP contribution in [0.5, 0.6) is 0 Å². The fourth-order valence-corrected chi connectivity index (χ4v) is 1.70. The molecule has 0 saturated heterocycles. The molecule has 1 aromatic rings. The highest BCUT2D eigenvalue weighted by atomic mass is 16.3. The van der Waals surface area contributed by atoms with E-state index >= 15 is 0 Å². The fraction of sp³-hybridized carbons (Fsp3) is 0.583. The molecule has 1 heterocycles. The molecule has 0 aliphatic heterocycles. The van der Waals surface area contributed by atoms with E-state index in [2.05, 4.69) is 15.9 Å². The van der Waals surface area contributed by atoms with Gasteiger partial charge in [0, 0.05) is 24.8 Å². The van der Waals surface area contributed by atoms with Crippen LogP contribution in [0.15, 0.2) is 12.4 Å². The van der Waals surface area contributed by atoms with E-state index in [0.29, 0.717) is 13.1 Å². The third kappa shape index (κ3) is 4.47. The number of hydrogen-bond acceptors (Lipinski definition) is 3. The molecule has 0 bridgehead atoms. The maximum absolute atomic E-state index is 9.67. The Bertz CT molecular complexity index is 370. The summed E-state index contributed by atoms with van der Waals surface area (Å²) in [6, 6.07) is 0. The van der Waals surface area contributed by atoms with Gasteiger partial charge in [0.2, 0.25) is 0 Å². The molecule has 4 heteroatoms. The largest absolute Gasteiger partial charge is 0.389 e. The zero-order chi connectivity index (χ0) is 12.2. The van der Waals surface area contributed by atoms with Crippen LogP contribution in [0, 0.1) is 12.3 Å². The number of aliphatic hydroxyl groups is 1. The van der Waals surface area contributed by atoms with Crippen molar-refractivity contribution in [1.29, 1.82) is 0 Å². The number of nitrogens with zero attached hydrogens (tertiary/aromatic N) is 3. The average Bonchev–Trinajstić information content (AvgIpc) is 2.49. The standard InChI is InChI=1S/C12H19N3O/c1-5-6-15-9-11(7-13-15)8-14(4)10-12(2,3)16/h1,7,9,16H,6,8,10H2,2-4H3. The Hall–Kier alpha value is -1.31. The van der Waals surface area contributed by atoms with Gasteiger partial charge in [-0.2, -0.15) is 5.10 Å². The summed E-state index contributed by atoms with van der Waals surface area (Å²) in [4.78, 5) is 2.05. The quantitative estimate of drug-likeness (QED) is 0.745. The number of likely N-dealkylation sites (N-methyl/N-ethyl adjacent to an activating group) is 1. The molecular weight excluding hydrogens is 202 g/mol. The molecule has 16 heavy (non-hydrogen) atoms. The summed E-state index contributed by atoms with van der Waals surface area (Å²) in [5.41, 5.74) is 0.422. The Morgan fingerprint density at radius 2 is 2.31 bits per heavy atom. The van der Waals surface area contributed by atoms with E-state index in [4.69, 9.17) is 6.42 Å². The molecule has 0 spiro atoms. The first-order valence-electron chi connectivity index (χ1n) is 5.26. The predicted molar refractivity (Wildman–Crippen MR) is 63.7 cm³/mol. The lowest BCUT2D eigenvalue weighted by Gasteiger charge is -2.24. The Morgan fingerprint density at radius 3 is 2.88 bits per heavy atom. The summed E-state index contributed by atoms with van der Waals surface area (Å²) in [6.45, 7) is 5.47. The van der Waals surface area contributed by atoms with Crippen molar-refractivity contribution >= 4 is 0 Å². The SMILES string of the molecule is C#CCn1cc(CN(C)CC(C)(C)O)cn1. The first kappa shape index (κ1) is 12.8. The van der Waals surface area contributed by atoms with Crippen LogP contribution >= 0.6 is 0 Å². The fourth-order valence-electron chi connectivity index (χ4n) is 1.70. The molecule has 0 unspecified atom stereocenters. The van der Waals surface area contributed by atoms with Gasteiger partial charge in [0.15, 0.2) is 0 Å². The molecule has 0 aliphatic carbocycles. The second kappa shape index (κ2) is 5.15. The predicted octanol–water partition coefficient (Wildman–Crippen LogP) is 0.719. The lowest BCUT2D eigenvalue weighted by Crippen LogP contribution is -2.35. The molecule has 4 nitrogen and oxygen atoms in total. The van der Waals surface area contributed by atoms with E-state index < -0.39 is 5.60 Å². The molecule has 0 aromatic carbocycles. The zero-order valence-electron chi connectivity index (χ0n) is 10.1. The minimum absolute atomic E-state index is 0.495. The third-order valence-electron chi connectivity index (χ3n) is 2.05. The lowest BCUT2D eigenvalue weighted by atomic mass is 10.1. The topological polar surface area (TPSA) is 41.3 Å². The van der Waals surface area contributed by atoms with Crippen molar-refractivity contribution in [3.8, 4) is 12.3 Å². The molecule has 0 saturated carbocycles. The van der Waals surface area contributed by atoms with Crippen LogP contribution in [0.2, 0.25) is 0 Å². The number of hydrogen-bond donors (Lipinski definition) is 1. The van der Waals surface area contributed by atoms with E-state index in [0.717, 1.165) is 12.1 Å². The van der Waals surface area contributed by atoms with E-state index in [-0.39, 0.29) is 0 Å². The van der Waals surface area contributed by atoms with Gasteiger partial charge in [-0.15, -0.1) is 6.42 Å². The molecular formula is C12H19N3O. The molecule has 88 valence electrons. The van der Waals surface area contributed by atoms with Gasteiger partial charge in [-0.05, 0) is 20.9 Å². The van der Waals surface area contributed by atoms with Crippen LogP contribution in [-0.2, 0) is 13.1 Å². The number of aromatic nitrogens is 2. The highest BCUT2D eigenvalue weighted by molar-refractivity contribution is 5.04. The lowest BCUT2D eigenvalue weighted by molar-refractivity contribution is 0.0425. The minimum Gasteiger partial charge on any atom is -0.389 e. The second-order valence-electron chi connectivity index (χ2n) is 4.74. The van der Waals surface area contributed by atoms with Crippen LogP contribution < -0.4 is 0 Å². The Morgan fingerprint density at radius 1 is 1.62 bits per heavy atom. The summed E-state index contributed by atoms with van der Waals surface area (Å²) in [5.74, 6) is 2.54. The number of rotatable bonds is 5. The van der Waals surface area contributed by atoms with Crippen molar-refractivity contribution in [2.75, 3.05) is 13.6 Å². The second-order valence-corrected chi connectivity index (χ2v) is 4.74. The molecule has 0 aliphatic rings. The van der Waals surface area contributed by atoms with E-state index in [9.17, 15) is 5.11 Å². The van der Waals surface area contributed by atoms with Crippen molar-refractivity contribution < 1.29 is 5.11 Å². The molecule has 1 aromatic heterocycles. The maximum Gasteiger partial charge on any atom is 0.101 e. The number of terminal acetylenes is 1. The molecule has 0 radical (unpaired) electrons.